The largest absolute Gasteiger partial charge is 0.416 e. The molecule has 5 aromatic rings. The van der Waals surface area contributed by atoms with Gasteiger partial charge in [0, 0.05) is 16.5 Å². The highest BCUT2D eigenvalue weighted by atomic mass is 35.5. The SMILES string of the molecule is Cc1nn(-c2cccc(C(F)(F)F)c2)c(Cl)c1/C=N/NC(=O)c1ccc(CN2C(=O)c3cccc4cccc2c34)cc1. The summed E-state index contributed by atoms with van der Waals surface area (Å²) in [6, 6.07) is 23.0. The zero-order chi connectivity index (χ0) is 29.6. The first kappa shape index (κ1) is 27.2. The maximum absolute atomic E-state index is 13.1. The van der Waals surface area contributed by atoms with Crippen molar-refractivity contribution in [3.8, 4) is 5.69 Å². The van der Waals surface area contributed by atoms with Crippen molar-refractivity contribution in [2.75, 3.05) is 4.90 Å². The van der Waals surface area contributed by atoms with Crippen LogP contribution >= 0.6 is 11.6 Å². The molecule has 42 heavy (non-hydrogen) atoms. The number of aryl methyl sites for hydroxylation is 1. The molecule has 1 aliphatic heterocycles. The molecule has 1 N–H and O–H groups in total. The van der Waals surface area contributed by atoms with E-state index in [9.17, 15) is 22.8 Å². The van der Waals surface area contributed by atoms with Gasteiger partial charge < -0.3 is 4.90 Å². The third kappa shape index (κ3) is 4.90. The van der Waals surface area contributed by atoms with Crippen LogP contribution in [0.3, 0.4) is 0 Å². The average Bonchev–Trinajstić information content (AvgIpc) is 3.42. The molecule has 2 heterocycles. The van der Waals surface area contributed by atoms with E-state index in [1.807, 2.05) is 36.4 Å². The predicted molar refractivity (Wildman–Crippen MR) is 154 cm³/mol. The molecule has 0 saturated carbocycles. The van der Waals surface area contributed by atoms with Crippen molar-refractivity contribution in [2.24, 2.45) is 5.10 Å². The fourth-order valence-electron chi connectivity index (χ4n) is 4.94. The highest BCUT2D eigenvalue weighted by Crippen LogP contribution is 2.38. The van der Waals surface area contributed by atoms with Gasteiger partial charge in [0.2, 0.25) is 0 Å². The molecule has 0 fully saturated rings. The summed E-state index contributed by atoms with van der Waals surface area (Å²) in [6.45, 7) is 1.97. The molecule has 0 radical (unpaired) electrons. The van der Waals surface area contributed by atoms with Gasteiger partial charge in [-0.25, -0.2) is 10.1 Å². The lowest BCUT2D eigenvalue weighted by molar-refractivity contribution is -0.137. The summed E-state index contributed by atoms with van der Waals surface area (Å²) in [6.07, 6.45) is -3.22. The lowest BCUT2D eigenvalue weighted by atomic mass is 10.1. The number of benzene rings is 4. The van der Waals surface area contributed by atoms with E-state index in [-0.39, 0.29) is 16.7 Å². The Morgan fingerprint density at radius 3 is 2.48 bits per heavy atom. The van der Waals surface area contributed by atoms with Crippen molar-refractivity contribution in [3.05, 3.63) is 124 Å². The van der Waals surface area contributed by atoms with Crippen molar-refractivity contribution in [1.82, 2.24) is 15.2 Å². The zero-order valence-electron chi connectivity index (χ0n) is 22.0. The van der Waals surface area contributed by atoms with E-state index < -0.39 is 17.6 Å². The normalized spacial score (nSPS) is 13.0. The summed E-state index contributed by atoms with van der Waals surface area (Å²) in [5.41, 5.74) is 5.21. The maximum atomic E-state index is 13.1. The molecule has 1 aromatic heterocycles. The topological polar surface area (TPSA) is 79.6 Å². The second-order valence-corrected chi connectivity index (χ2v) is 10.1. The lowest BCUT2D eigenvalue weighted by Gasteiger charge is -2.18. The minimum absolute atomic E-state index is 0.0449. The molecule has 11 heteroatoms. The van der Waals surface area contributed by atoms with Gasteiger partial charge in [-0.05, 0) is 60.3 Å². The van der Waals surface area contributed by atoms with Gasteiger partial charge in [-0.1, -0.05) is 54.1 Å². The molecule has 1 aliphatic rings. The van der Waals surface area contributed by atoms with E-state index in [4.69, 9.17) is 11.6 Å². The van der Waals surface area contributed by atoms with E-state index >= 15 is 0 Å². The molecule has 2 amide bonds. The summed E-state index contributed by atoms with van der Waals surface area (Å²) in [5.74, 6) is -0.547. The third-order valence-electron chi connectivity index (χ3n) is 7.03. The minimum Gasteiger partial charge on any atom is -0.303 e. The summed E-state index contributed by atoms with van der Waals surface area (Å²) in [5, 5.41) is 10.2. The van der Waals surface area contributed by atoms with E-state index in [1.165, 1.54) is 23.0 Å². The Morgan fingerprint density at radius 1 is 1.02 bits per heavy atom. The second kappa shape index (κ2) is 10.5. The number of hydrazone groups is 1. The number of amides is 2. The number of carbonyl (C=O) groups is 2. The monoisotopic (exact) mass is 587 g/mol. The Labute approximate surface area is 242 Å². The molecule has 0 aliphatic carbocycles. The molecule has 210 valence electrons. The zero-order valence-corrected chi connectivity index (χ0v) is 22.7. The van der Waals surface area contributed by atoms with Gasteiger partial charge in [-0.3, -0.25) is 9.59 Å². The highest BCUT2D eigenvalue weighted by molar-refractivity contribution is 6.32. The van der Waals surface area contributed by atoms with Crippen LogP contribution in [0.1, 0.15) is 43.1 Å². The maximum Gasteiger partial charge on any atom is 0.416 e. The standard InChI is InChI=1S/C31H21ClF3N5O2/c1-18-25(28(32)40(38-18)23-8-4-7-22(15-23)31(33,34)35)16-36-37-29(41)21-13-11-19(12-14-21)17-39-26-10-3-6-20-5-2-9-24(27(20)26)30(39)42/h2-16H,17H2,1H3,(H,37,41)/b36-16+. The number of hydrogen-bond acceptors (Lipinski definition) is 4. The van der Waals surface area contributed by atoms with Gasteiger partial charge in [0.05, 0.1) is 41.0 Å². The predicted octanol–water partition coefficient (Wildman–Crippen LogP) is 6.93. The smallest absolute Gasteiger partial charge is 0.303 e. The van der Waals surface area contributed by atoms with Crippen molar-refractivity contribution in [2.45, 2.75) is 19.6 Å². The summed E-state index contributed by atoms with van der Waals surface area (Å²) in [7, 11) is 0. The Balaban J connectivity index is 1.13. The minimum atomic E-state index is -4.51. The van der Waals surface area contributed by atoms with Crippen LogP contribution in [0.2, 0.25) is 5.15 Å². The first-order valence-electron chi connectivity index (χ1n) is 12.8. The fraction of sp³-hybridized carbons (Fsp3) is 0.0968. The molecule has 7 nitrogen and oxygen atoms in total. The van der Waals surface area contributed by atoms with E-state index in [0.717, 1.165) is 34.2 Å². The van der Waals surface area contributed by atoms with Crippen LogP contribution in [-0.2, 0) is 12.7 Å². The van der Waals surface area contributed by atoms with Gasteiger partial charge in [0.1, 0.15) is 5.15 Å². The van der Waals surface area contributed by atoms with Crippen molar-refractivity contribution in [1.29, 1.82) is 0 Å². The van der Waals surface area contributed by atoms with Crippen molar-refractivity contribution < 1.29 is 22.8 Å². The number of hydrogen-bond donors (Lipinski definition) is 1. The van der Waals surface area contributed by atoms with Gasteiger partial charge in [0.15, 0.2) is 0 Å². The van der Waals surface area contributed by atoms with Crippen molar-refractivity contribution in [3.63, 3.8) is 0 Å². The van der Waals surface area contributed by atoms with Gasteiger partial charge in [0.25, 0.3) is 11.8 Å². The van der Waals surface area contributed by atoms with Crippen LogP contribution < -0.4 is 10.3 Å². The lowest BCUT2D eigenvalue weighted by Crippen LogP contribution is -2.26. The van der Waals surface area contributed by atoms with Gasteiger partial charge in [-0.15, -0.1) is 0 Å². The van der Waals surface area contributed by atoms with Crippen LogP contribution in [0.5, 0.6) is 0 Å². The quantitative estimate of drug-likeness (QED) is 0.173. The number of alkyl halides is 3. The molecular formula is C31H21ClF3N5O2. The number of carbonyl (C=O) groups excluding carboxylic acids is 2. The Kier molecular flexibility index (Phi) is 6.78. The first-order valence-corrected chi connectivity index (χ1v) is 13.2. The molecule has 0 atom stereocenters. The van der Waals surface area contributed by atoms with Crippen LogP contribution in [0.25, 0.3) is 16.5 Å². The highest BCUT2D eigenvalue weighted by Gasteiger charge is 2.31. The van der Waals surface area contributed by atoms with E-state index in [2.05, 4.69) is 15.6 Å². The van der Waals surface area contributed by atoms with Crippen LogP contribution in [0, 0.1) is 6.92 Å². The molecule has 4 aromatic carbocycles. The Bertz CT molecular complexity index is 1890. The van der Waals surface area contributed by atoms with E-state index in [1.54, 1.807) is 36.1 Å². The summed E-state index contributed by atoms with van der Waals surface area (Å²) in [4.78, 5) is 27.5. The van der Waals surface area contributed by atoms with Gasteiger partial charge >= 0.3 is 6.18 Å². The van der Waals surface area contributed by atoms with Crippen molar-refractivity contribution >= 4 is 46.1 Å². The second-order valence-electron chi connectivity index (χ2n) is 9.72. The molecular weight excluding hydrogens is 567 g/mol. The number of halogens is 4. The summed E-state index contributed by atoms with van der Waals surface area (Å²) >= 11 is 6.40. The number of anilines is 1. The number of rotatable bonds is 6. The average molecular weight is 588 g/mol. The molecule has 0 bridgehead atoms. The summed E-state index contributed by atoms with van der Waals surface area (Å²) < 4.78 is 40.6. The Morgan fingerprint density at radius 2 is 1.74 bits per heavy atom. The van der Waals surface area contributed by atoms with Crippen LogP contribution in [-0.4, -0.2) is 27.8 Å². The molecule has 0 saturated heterocycles. The molecule has 6 rings (SSSR count). The number of aromatic nitrogens is 2. The number of nitrogens with one attached hydrogen (secondary N) is 1. The third-order valence-corrected chi connectivity index (χ3v) is 7.40. The van der Waals surface area contributed by atoms with Gasteiger partial charge in [-0.2, -0.15) is 23.4 Å². The molecule has 0 spiro atoms. The van der Waals surface area contributed by atoms with E-state index in [0.29, 0.717) is 28.9 Å². The fourth-order valence-corrected chi connectivity index (χ4v) is 5.26. The first-order chi connectivity index (χ1) is 20.1. The van der Waals surface area contributed by atoms with Crippen LogP contribution in [0.15, 0.2) is 90.0 Å². The Hall–Kier alpha value is -4.96. The van der Waals surface area contributed by atoms with Crippen LogP contribution in [0.4, 0.5) is 18.9 Å². The number of nitrogens with zero attached hydrogens (tertiary/aromatic N) is 4. The molecule has 0 unspecified atom stereocenters.